The van der Waals surface area contributed by atoms with E-state index in [1.807, 2.05) is 12.1 Å². The molecule has 1 aliphatic carbocycles. The molecule has 4 heterocycles. The summed E-state index contributed by atoms with van der Waals surface area (Å²) in [7, 11) is 0. The average molecular weight is 414 g/mol. The lowest BCUT2D eigenvalue weighted by Gasteiger charge is -2.11. The van der Waals surface area contributed by atoms with Gasteiger partial charge in [0.1, 0.15) is 24.3 Å². The van der Waals surface area contributed by atoms with Crippen LogP contribution in [0.5, 0.6) is 0 Å². The third kappa shape index (κ3) is 2.29. The highest BCUT2D eigenvalue weighted by Crippen LogP contribution is 2.41. The number of rotatable bonds is 2. The summed E-state index contributed by atoms with van der Waals surface area (Å²) in [5, 5.41) is 3.68. The van der Waals surface area contributed by atoms with E-state index < -0.39 is 0 Å². The summed E-state index contributed by atoms with van der Waals surface area (Å²) < 4.78 is 4.51. The summed E-state index contributed by atoms with van der Waals surface area (Å²) in [5.41, 5.74) is 6.00. The van der Waals surface area contributed by atoms with Gasteiger partial charge in [0.15, 0.2) is 0 Å². The maximum Gasteiger partial charge on any atom is 0.140 e. The average Bonchev–Trinajstić information content (AvgIpc) is 3.38. The fourth-order valence-corrected chi connectivity index (χ4v) is 5.09. The van der Waals surface area contributed by atoms with Gasteiger partial charge in [-0.1, -0.05) is 30.3 Å². The Morgan fingerprint density at radius 2 is 1.50 bits per heavy atom. The maximum atomic E-state index is 4.62. The molecule has 0 N–H and O–H groups in total. The lowest BCUT2D eigenvalue weighted by molar-refractivity contribution is 0.945. The van der Waals surface area contributed by atoms with Gasteiger partial charge in [-0.05, 0) is 48.7 Å². The van der Waals surface area contributed by atoms with Gasteiger partial charge < -0.3 is 0 Å². The van der Waals surface area contributed by atoms with E-state index in [0.29, 0.717) is 0 Å². The van der Waals surface area contributed by atoms with Crippen molar-refractivity contribution in [2.75, 3.05) is 0 Å². The van der Waals surface area contributed by atoms with Gasteiger partial charge in [0.05, 0.1) is 22.2 Å². The Hall–Kier alpha value is -4.32. The summed E-state index contributed by atoms with van der Waals surface area (Å²) in [5.74, 6) is 1.74. The van der Waals surface area contributed by atoms with E-state index >= 15 is 0 Å². The number of benzene rings is 2. The number of aromatic nitrogens is 6. The lowest BCUT2D eigenvalue weighted by atomic mass is 10.00. The second-order valence-corrected chi connectivity index (χ2v) is 7.98. The maximum absolute atomic E-state index is 4.62. The summed E-state index contributed by atoms with van der Waals surface area (Å²) in [6, 6.07) is 16.9. The summed E-state index contributed by atoms with van der Waals surface area (Å²) in [4.78, 5) is 17.4. The van der Waals surface area contributed by atoms with Crippen LogP contribution in [-0.4, -0.2) is 29.1 Å². The van der Waals surface area contributed by atoms with Crippen LogP contribution >= 0.6 is 0 Å². The van der Waals surface area contributed by atoms with Crippen LogP contribution in [0.25, 0.3) is 50.4 Å². The predicted octanol–water partition coefficient (Wildman–Crippen LogP) is 5.27. The van der Waals surface area contributed by atoms with Crippen LogP contribution in [0.2, 0.25) is 0 Å². The van der Waals surface area contributed by atoms with Crippen LogP contribution in [-0.2, 0) is 6.42 Å². The van der Waals surface area contributed by atoms with Crippen LogP contribution in [0, 0.1) is 0 Å². The Labute approximate surface area is 183 Å². The van der Waals surface area contributed by atoms with Crippen molar-refractivity contribution in [2.24, 2.45) is 0 Å². The molecule has 0 bridgehead atoms. The number of para-hydroxylation sites is 1. The molecule has 6 nitrogen and oxygen atoms in total. The Morgan fingerprint density at radius 1 is 0.719 bits per heavy atom. The van der Waals surface area contributed by atoms with E-state index in [-0.39, 0.29) is 0 Å². The highest BCUT2D eigenvalue weighted by Gasteiger charge is 2.24. The van der Waals surface area contributed by atoms with E-state index in [0.717, 1.165) is 35.5 Å². The van der Waals surface area contributed by atoms with Gasteiger partial charge in [-0.25, -0.2) is 19.9 Å². The molecule has 0 fully saturated rings. The largest absolute Gasteiger partial charge is 0.294 e. The molecule has 0 saturated carbocycles. The molecule has 4 aromatic heterocycles. The molecule has 0 aliphatic heterocycles. The molecule has 32 heavy (non-hydrogen) atoms. The standard InChI is InChI=1S/C26H18N6/c1-3-7-20-17(5-1)18-9-10-22-25(26(18)32(20)24-12-14-28-16-30-24)19-6-2-4-8-21(19)31(22)23-11-13-27-15-29-23/h2-4,6-16H,1,5H2. The van der Waals surface area contributed by atoms with Crippen molar-refractivity contribution in [1.82, 2.24) is 29.1 Å². The summed E-state index contributed by atoms with van der Waals surface area (Å²) in [6.45, 7) is 0. The highest BCUT2D eigenvalue weighted by atomic mass is 15.1. The lowest BCUT2D eigenvalue weighted by Crippen LogP contribution is -2.02. The first-order chi connectivity index (χ1) is 15.9. The van der Waals surface area contributed by atoms with E-state index in [1.165, 1.54) is 32.9 Å². The topological polar surface area (TPSA) is 61.4 Å². The molecule has 6 aromatic rings. The Morgan fingerprint density at radius 3 is 2.28 bits per heavy atom. The molecular weight excluding hydrogens is 396 g/mol. The Balaban J connectivity index is 1.74. The molecule has 1 aliphatic rings. The van der Waals surface area contributed by atoms with Crippen molar-refractivity contribution < 1.29 is 0 Å². The zero-order chi connectivity index (χ0) is 21.1. The fourth-order valence-electron chi connectivity index (χ4n) is 5.09. The fraction of sp³-hybridized carbons (Fsp3) is 0.0769. The van der Waals surface area contributed by atoms with E-state index in [4.69, 9.17) is 0 Å². The molecule has 0 saturated heterocycles. The number of nitrogens with zero attached hydrogens (tertiary/aromatic N) is 6. The zero-order valence-electron chi connectivity index (χ0n) is 17.2. The highest BCUT2D eigenvalue weighted by molar-refractivity contribution is 6.21. The quantitative estimate of drug-likeness (QED) is 0.387. The Kier molecular flexibility index (Phi) is 3.58. The Bertz CT molecular complexity index is 1660. The smallest absolute Gasteiger partial charge is 0.140 e. The van der Waals surface area contributed by atoms with Gasteiger partial charge in [-0.15, -0.1) is 0 Å². The van der Waals surface area contributed by atoms with Crippen molar-refractivity contribution in [1.29, 1.82) is 0 Å². The van der Waals surface area contributed by atoms with Gasteiger partial charge in [0.25, 0.3) is 0 Å². The normalized spacial score (nSPS) is 13.2. The minimum absolute atomic E-state index is 0.857. The third-order valence-electron chi connectivity index (χ3n) is 6.34. The van der Waals surface area contributed by atoms with Crippen LogP contribution in [0.1, 0.15) is 17.7 Å². The number of fused-ring (bicyclic) bond motifs is 7. The number of hydrogen-bond acceptors (Lipinski definition) is 4. The first kappa shape index (κ1) is 17.4. The van der Waals surface area contributed by atoms with E-state index in [2.05, 4.69) is 77.6 Å². The molecule has 0 radical (unpaired) electrons. The molecule has 7 rings (SSSR count). The first-order valence-corrected chi connectivity index (χ1v) is 10.7. The summed E-state index contributed by atoms with van der Waals surface area (Å²) >= 11 is 0. The van der Waals surface area contributed by atoms with Crippen LogP contribution in [0.15, 0.2) is 79.7 Å². The van der Waals surface area contributed by atoms with Gasteiger partial charge in [-0.2, -0.15) is 0 Å². The first-order valence-electron chi connectivity index (χ1n) is 10.7. The van der Waals surface area contributed by atoms with Gasteiger partial charge in [-0.3, -0.25) is 9.13 Å². The van der Waals surface area contributed by atoms with Crippen LogP contribution in [0.4, 0.5) is 0 Å². The number of hydrogen-bond donors (Lipinski definition) is 0. The minimum Gasteiger partial charge on any atom is -0.294 e. The predicted molar refractivity (Wildman–Crippen MR) is 126 cm³/mol. The molecular formula is C26H18N6. The molecule has 152 valence electrons. The molecule has 6 heteroatoms. The van der Waals surface area contributed by atoms with Crippen LogP contribution < -0.4 is 0 Å². The van der Waals surface area contributed by atoms with Gasteiger partial charge in [0, 0.05) is 28.6 Å². The van der Waals surface area contributed by atoms with E-state index in [1.54, 1.807) is 25.0 Å². The minimum atomic E-state index is 0.857. The number of aryl methyl sites for hydroxylation is 1. The van der Waals surface area contributed by atoms with Crippen molar-refractivity contribution >= 4 is 38.8 Å². The van der Waals surface area contributed by atoms with Crippen molar-refractivity contribution in [3.63, 3.8) is 0 Å². The van der Waals surface area contributed by atoms with Crippen molar-refractivity contribution in [2.45, 2.75) is 12.8 Å². The second kappa shape index (κ2) is 6.59. The monoisotopic (exact) mass is 414 g/mol. The van der Waals surface area contributed by atoms with Crippen LogP contribution in [0.3, 0.4) is 0 Å². The molecule has 2 aromatic carbocycles. The molecule has 0 atom stereocenters. The third-order valence-corrected chi connectivity index (χ3v) is 6.34. The van der Waals surface area contributed by atoms with Gasteiger partial charge >= 0.3 is 0 Å². The zero-order valence-corrected chi connectivity index (χ0v) is 17.2. The molecule has 0 amide bonds. The van der Waals surface area contributed by atoms with Crippen molar-refractivity contribution in [3.05, 3.63) is 90.9 Å². The van der Waals surface area contributed by atoms with Crippen molar-refractivity contribution in [3.8, 4) is 11.6 Å². The second-order valence-electron chi connectivity index (χ2n) is 7.98. The number of allylic oxidation sites excluding steroid dienone is 1. The molecule has 0 spiro atoms. The summed E-state index contributed by atoms with van der Waals surface area (Å²) in [6.07, 6.45) is 13.4. The molecule has 0 unspecified atom stereocenters. The van der Waals surface area contributed by atoms with Gasteiger partial charge in [0.2, 0.25) is 0 Å². The SMILES string of the molecule is C1=Cc2c(c3ccc4c(c5ccccc5n4-c4ccncn4)c3n2-c2ccncn2)CC1. The van der Waals surface area contributed by atoms with E-state index in [9.17, 15) is 0 Å².